The summed E-state index contributed by atoms with van der Waals surface area (Å²) in [6.45, 7) is 3.75. The lowest BCUT2D eigenvalue weighted by Crippen LogP contribution is -2.35. The molecular weight excluding hydrogens is 570 g/mol. The number of carbonyl (C=O) groups is 2. The van der Waals surface area contributed by atoms with Crippen molar-refractivity contribution in [1.29, 1.82) is 0 Å². The van der Waals surface area contributed by atoms with Crippen LogP contribution in [0.4, 0.5) is 19.3 Å². The molecule has 3 amide bonds. The molecule has 5 rings (SSSR count). The fourth-order valence-corrected chi connectivity index (χ4v) is 5.10. The van der Waals surface area contributed by atoms with Gasteiger partial charge in [-0.25, -0.2) is 13.6 Å². The maximum atomic E-state index is 15.0. The molecule has 2 heterocycles. The fraction of sp³-hybridized carbons (Fsp3) is 0.303. The minimum atomic E-state index is -0.926. The monoisotopic (exact) mass is 604 g/mol. The Bertz CT molecular complexity index is 1630. The Balaban J connectivity index is 1.28. The predicted octanol–water partition coefficient (Wildman–Crippen LogP) is 6.46. The van der Waals surface area contributed by atoms with Gasteiger partial charge in [-0.15, -0.1) is 0 Å². The number of benzene rings is 3. The molecule has 3 aromatic carbocycles. The SMILES string of the molecule is COc1cc2c(Oc3c(F)cccc3NC(=O)NC(=O)Cc3ccccc3F)ccnc2cc1OCCCN1CCCCC1. The van der Waals surface area contributed by atoms with Gasteiger partial charge in [0.1, 0.15) is 11.6 Å². The Labute approximate surface area is 254 Å². The quantitative estimate of drug-likeness (QED) is 0.190. The minimum absolute atomic E-state index is 0.0215. The third-order valence-corrected chi connectivity index (χ3v) is 7.30. The summed E-state index contributed by atoms with van der Waals surface area (Å²) < 4.78 is 46.5. The zero-order valence-electron chi connectivity index (χ0n) is 24.4. The van der Waals surface area contributed by atoms with Gasteiger partial charge in [0, 0.05) is 24.2 Å². The lowest BCUT2D eigenvalue weighted by molar-refractivity contribution is -0.119. The third kappa shape index (κ3) is 7.78. The predicted molar refractivity (Wildman–Crippen MR) is 162 cm³/mol. The highest BCUT2D eigenvalue weighted by Gasteiger charge is 2.19. The van der Waals surface area contributed by atoms with Gasteiger partial charge in [-0.05, 0) is 68.2 Å². The molecule has 9 nitrogen and oxygen atoms in total. The van der Waals surface area contributed by atoms with E-state index in [-0.39, 0.29) is 29.2 Å². The second kappa shape index (κ2) is 14.6. The van der Waals surface area contributed by atoms with Crippen molar-refractivity contribution < 1.29 is 32.6 Å². The van der Waals surface area contributed by atoms with Crippen molar-refractivity contribution in [1.82, 2.24) is 15.2 Å². The molecule has 1 saturated heterocycles. The van der Waals surface area contributed by atoms with Crippen LogP contribution >= 0.6 is 0 Å². The molecule has 0 unspecified atom stereocenters. The van der Waals surface area contributed by atoms with Gasteiger partial charge >= 0.3 is 6.03 Å². The van der Waals surface area contributed by atoms with E-state index in [1.807, 2.05) is 0 Å². The van der Waals surface area contributed by atoms with Gasteiger partial charge in [-0.1, -0.05) is 30.7 Å². The number of nitrogens with one attached hydrogen (secondary N) is 2. The molecule has 1 aliphatic heterocycles. The number of para-hydroxylation sites is 1. The number of urea groups is 1. The van der Waals surface area contributed by atoms with Gasteiger partial charge in [-0.2, -0.15) is 0 Å². The van der Waals surface area contributed by atoms with Gasteiger partial charge in [0.25, 0.3) is 0 Å². The van der Waals surface area contributed by atoms with E-state index < -0.39 is 23.6 Å². The maximum Gasteiger partial charge on any atom is 0.325 e. The van der Waals surface area contributed by atoms with Crippen LogP contribution in [-0.4, -0.2) is 55.2 Å². The number of carbonyl (C=O) groups excluding carboxylic acids is 2. The second-order valence-electron chi connectivity index (χ2n) is 10.4. The Hall–Kier alpha value is -4.77. The van der Waals surface area contributed by atoms with Gasteiger partial charge in [0.15, 0.2) is 23.1 Å². The number of halogens is 2. The number of ether oxygens (including phenoxy) is 3. The van der Waals surface area contributed by atoms with E-state index in [4.69, 9.17) is 14.2 Å². The number of hydrogen-bond donors (Lipinski definition) is 2. The van der Waals surface area contributed by atoms with Crippen LogP contribution in [0.1, 0.15) is 31.2 Å². The number of nitrogens with zero attached hydrogens (tertiary/aromatic N) is 2. The molecule has 0 radical (unpaired) electrons. The smallest absolute Gasteiger partial charge is 0.325 e. The molecule has 2 N–H and O–H groups in total. The highest BCUT2D eigenvalue weighted by Crippen LogP contribution is 2.39. The standard InChI is InChI=1S/C33H34F2N4O5/c1-42-29-20-23-27(21-30(29)43-18-8-17-39-15-5-2-6-16-39)36-14-13-28(23)44-32-25(35)11-7-12-26(32)37-33(41)38-31(40)19-22-9-3-4-10-24(22)34/h3-4,7,9-14,20-21H,2,5-6,8,15-19H2,1H3,(H2,37,38,40,41). The number of methoxy groups -OCH3 is 1. The minimum Gasteiger partial charge on any atom is -0.493 e. The molecule has 0 spiro atoms. The van der Waals surface area contributed by atoms with Gasteiger partial charge in [0.05, 0.1) is 31.3 Å². The number of aromatic nitrogens is 1. The van der Waals surface area contributed by atoms with Crippen LogP contribution in [-0.2, 0) is 11.2 Å². The Morgan fingerprint density at radius 2 is 1.73 bits per heavy atom. The molecule has 0 atom stereocenters. The van der Waals surface area contributed by atoms with Crippen molar-refractivity contribution >= 4 is 28.5 Å². The number of anilines is 1. The summed E-state index contributed by atoms with van der Waals surface area (Å²) >= 11 is 0. The molecule has 1 aromatic heterocycles. The highest BCUT2D eigenvalue weighted by molar-refractivity contribution is 6.02. The molecule has 0 bridgehead atoms. The average molecular weight is 605 g/mol. The van der Waals surface area contributed by atoms with Crippen molar-refractivity contribution in [3.8, 4) is 23.0 Å². The summed E-state index contributed by atoms with van der Waals surface area (Å²) in [6, 6.07) is 13.9. The van der Waals surface area contributed by atoms with Crippen LogP contribution in [0.2, 0.25) is 0 Å². The first-order chi connectivity index (χ1) is 21.4. The maximum absolute atomic E-state index is 15.0. The zero-order chi connectivity index (χ0) is 30.9. The number of amides is 3. The topological polar surface area (TPSA) is 102 Å². The van der Waals surface area contributed by atoms with Crippen LogP contribution in [0.3, 0.4) is 0 Å². The van der Waals surface area contributed by atoms with Crippen LogP contribution in [0, 0.1) is 11.6 Å². The van der Waals surface area contributed by atoms with E-state index in [9.17, 15) is 14.0 Å². The van der Waals surface area contributed by atoms with Crippen LogP contribution in [0.15, 0.2) is 66.9 Å². The van der Waals surface area contributed by atoms with Gasteiger partial charge in [0.2, 0.25) is 5.91 Å². The highest BCUT2D eigenvalue weighted by atomic mass is 19.1. The van der Waals surface area contributed by atoms with E-state index in [1.54, 1.807) is 24.3 Å². The number of hydrogen-bond acceptors (Lipinski definition) is 7. The summed E-state index contributed by atoms with van der Waals surface area (Å²) in [7, 11) is 1.53. The number of imide groups is 1. The van der Waals surface area contributed by atoms with Crippen LogP contribution < -0.4 is 24.8 Å². The molecule has 0 aliphatic carbocycles. The number of pyridine rings is 1. The van der Waals surface area contributed by atoms with E-state index in [2.05, 4.69) is 20.5 Å². The van der Waals surface area contributed by atoms with E-state index in [1.165, 1.54) is 69.0 Å². The van der Waals surface area contributed by atoms with Crippen molar-refractivity contribution in [2.75, 3.05) is 38.7 Å². The summed E-state index contributed by atoms with van der Waals surface area (Å²) in [6.07, 6.45) is 5.83. The molecule has 44 heavy (non-hydrogen) atoms. The molecule has 11 heteroatoms. The molecule has 4 aromatic rings. The van der Waals surface area contributed by atoms with E-state index >= 15 is 4.39 Å². The summed E-state index contributed by atoms with van der Waals surface area (Å²) in [5, 5.41) is 5.10. The van der Waals surface area contributed by atoms with E-state index in [0.29, 0.717) is 29.0 Å². The first-order valence-electron chi connectivity index (χ1n) is 14.5. The molecule has 0 saturated carbocycles. The van der Waals surface area contributed by atoms with Crippen LogP contribution in [0.5, 0.6) is 23.0 Å². The summed E-state index contributed by atoms with van der Waals surface area (Å²) in [5.74, 6) is -1.05. The van der Waals surface area contributed by atoms with Crippen molar-refractivity contribution in [3.05, 3.63) is 84.1 Å². The first-order valence-corrected chi connectivity index (χ1v) is 14.5. The van der Waals surface area contributed by atoms with Crippen molar-refractivity contribution in [2.24, 2.45) is 0 Å². The van der Waals surface area contributed by atoms with Crippen molar-refractivity contribution in [2.45, 2.75) is 32.1 Å². The normalized spacial score (nSPS) is 13.3. The zero-order valence-corrected chi connectivity index (χ0v) is 24.4. The Morgan fingerprint density at radius 1 is 0.932 bits per heavy atom. The third-order valence-electron chi connectivity index (χ3n) is 7.30. The lowest BCUT2D eigenvalue weighted by Gasteiger charge is -2.26. The van der Waals surface area contributed by atoms with Crippen LogP contribution in [0.25, 0.3) is 10.9 Å². The van der Waals surface area contributed by atoms with E-state index in [0.717, 1.165) is 26.1 Å². The second-order valence-corrected chi connectivity index (χ2v) is 10.4. The summed E-state index contributed by atoms with van der Waals surface area (Å²) in [4.78, 5) is 31.8. The lowest BCUT2D eigenvalue weighted by atomic mass is 10.1. The largest absolute Gasteiger partial charge is 0.493 e. The Morgan fingerprint density at radius 3 is 2.52 bits per heavy atom. The van der Waals surface area contributed by atoms with Gasteiger partial charge < -0.3 is 24.4 Å². The first kappa shape index (κ1) is 30.7. The number of piperidine rings is 1. The van der Waals surface area contributed by atoms with Crippen molar-refractivity contribution in [3.63, 3.8) is 0 Å². The molecule has 1 aliphatic rings. The summed E-state index contributed by atoms with van der Waals surface area (Å²) in [5.41, 5.74) is 0.655. The molecular formula is C33H34F2N4O5. The fourth-order valence-electron chi connectivity index (χ4n) is 5.10. The molecule has 1 fully saturated rings. The Kier molecular flexibility index (Phi) is 10.2. The van der Waals surface area contributed by atoms with Gasteiger partial charge in [-0.3, -0.25) is 15.1 Å². The average Bonchev–Trinajstić information content (AvgIpc) is 3.02. The number of likely N-dealkylation sites (tertiary alicyclic amines) is 1. The molecule has 230 valence electrons. The number of fused-ring (bicyclic) bond motifs is 1. The number of rotatable bonds is 11.